The number of Topliss-reactive ketones (excluding diaryl/α,β-unsaturated/α-hetero) is 1. The third-order valence-corrected chi connectivity index (χ3v) is 4.81. The predicted molar refractivity (Wildman–Crippen MR) is 106 cm³/mol. The first-order valence-corrected chi connectivity index (χ1v) is 8.88. The highest BCUT2D eigenvalue weighted by molar-refractivity contribution is 6.51. The Morgan fingerprint density at radius 3 is 2.10 bits per heavy atom. The average molecular weight is 389 g/mol. The van der Waals surface area contributed by atoms with Crippen LogP contribution in [0.4, 0.5) is 10.1 Å². The van der Waals surface area contributed by atoms with Gasteiger partial charge in [0.2, 0.25) is 0 Å². The molecular weight excluding hydrogens is 373 g/mol. The molecule has 1 fully saturated rings. The van der Waals surface area contributed by atoms with E-state index < -0.39 is 23.5 Å². The summed E-state index contributed by atoms with van der Waals surface area (Å²) in [6.45, 7) is 0. The monoisotopic (exact) mass is 389 g/mol. The molecule has 1 heterocycles. The minimum Gasteiger partial charge on any atom is -0.508 e. The fraction of sp³-hybridized carbons (Fsp3) is 0.0435. The topological polar surface area (TPSA) is 77.8 Å². The molecule has 29 heavy (non-hydrogen) atoms. The Kier molecular flexibility index (Phi) is 4.60. The van der Waals surface area contributed by atoms with E-state index in [1.165, 1.54) is 53.4 Å². The van der Waals surface area contributed by atoms with Gasteiger partial charge >= 0.3 is 0 Å². The molecule has 3 aromatic carbocycles. The largest absolute Gasteiger partial charge is 0.508 e. The van der Waals surface area contributed by atoms with Gasteiger partial charge in [-0.05, 0) is 42.0 Å². The fourth-order valence-electron chi connectivity index (χ4n) is 3.42. The first-order valence-electron chi connectivity index (χ1n) is 8.88. The molecule has 1 aliphatic rings. The number of anilines is 1. The Balaban J connectivity index is 1.94. The van der Waals surface area contributed by atoms with Crippen LogP contribution in [-0.4, -0.2) is 21.9 Å². The minimum atomic E-state index is -0.944. The van der Waals surface area contributed by atoms with Crippen molar-refractivity contribution < 1.29 is 24.2 Å². The number of carbonyl (C=O) groups excluding carboxylic acids is 2. The maximum Gasteiger partial charge on any atom is 0.300 e. The number of phenolic OH excluding ortho intramolecular Hbond substituents is 1. The Labute approximate surface area is 166 Å². The molecule has 0 bridgehead atoms. The second-order valence-corrected chi connectivity index (χ2v) is 6.60. The molecule has 2 N–H and O–H groups in total. The quantitative estimate of drug-likeness (QED) is 0.401. The highest BCUT2D eigenvalue weighted by atomic mass is 19.1. The Hall–Kier alpha value is -3.93. The van der Waals surface area contributed by atoms with Crippen LogP contribution < -0.4 is 4.90 Å². The van der Waals surface area contributed by atoms with Crippen molar-refractivity contribution in [1.29, 1.82) is 0 Å². The summed E-state index contributed by atoms with van der Waals surface area (Å²) in [6, 6.07) is 18.7. The van der Waals surface area contributed by atoms with Crippen molar-refractivity contribution in [3.63, 3.8) is 0 Å². The lowest BCUT2D eigenvalue weighted by molar-refractivity contribution is -0.132. The smallest absolute Gasteiger partial charge is 0.300 e. The third kappa shape index (κ3) is 3.25. The highest BCUT2D eigenvalue weighted by Crippen LogP contribution is 2.42. The van der Waals surface area contributed by atoms with Crippen LogP contribution in [0.15, 0.2) is 84.4 Å². The first kappa shape index (κ1) is 18.4. The summed E-state index contributed by atoms with van der Waals surface area (Å²) in [5.41, 5.74) is 1.15. The van der Waals surface area contributed by atoms with Gasteiger partial charge in [0.1, 0.15) is 17.3 Å². The van der Waals surface area contributed by atoms with Gasteiger partial charge in [-0.3, -0.25) is 14.5 Å². The van der Waals surface area contributed by atoms with E-state index in [0.29, 0.717) is 16.8 Å². The van der Waals surface area contributed by atoms with Crippen molar-refractivity contribution in [3.05, 3.63) is 101 Å². The zero-order chi connectivity index (χ0) is 20.5. The molecule has 0 saturated carbocycles. The van der Waals surface area contributed by atoms with Crippen LogP contribution in [0, 0.1) is 5.82 Å². The molecule has 6 heteroatoms. The second kappa shape index (κ2) is 7.24. The number of carbonyl (C=O) groups is 2. The molecule has 4 rings (SSSR count). The Morgan fingerprint density at radius 1 is 0.862 bits per heavy atom. The van der Waals surface area contributed by atoms with Crippen molar-refractivity contribution in [2.24, 2.45) is 0 Å². The summed E-state index contributed by atoms with van der Waals surface area (Å²) in [6.07, 6.45) is 0. The van der Waals surface area contributed by atoms with E-state index in [0.717, 1.165) is 0 Å². The summed E-state index contributed by atoms with van der Waals surface area (Å²) >= 11 is 0. The number of rotatable bonds is 3. The lowest BCUT2D eigenvalue weighted by Crippen LogP contribution is -2.29. The van der Waals surface area contributed by atoms with Crippen molar-refractivity contribution in [2.75, 3.05) is 4.90 Å². The van der Waals surface area contributed by atoms with Crippen molar-refractivity contribution >= 4 is 23.1 Å². The summed E-state index contributed by atoms with van der Waals surface area (Å²) < 4.78 is 13.5. The van der Waals surface area contributed by atoms with Gasteiger partial charge in [0.25, 0.3) is 11.7 Å². The molecule has 0 spiro atoms. The van der Waals surface area contributed by atoms with Crippen LogP contribution in [0.2, 0.25) is 0 Å². The van der Waals surface area contributed by atoms with Gasteiger partial charge in [-0.25, -0.2) is 4.39 Å². The SMILES string of the molecule is O=C1C(=O)N(c2ccc(O)cc2)[C@@H](c2ccc(F)cc2)/C1=C(\O)c1ccccc1. The molecule has 0 aromatic heterocycles. The molecule has 0 aliphatic carbocycles. The van der Waals surface area contributed by atoms with E-state index in [1.807, 2.05) is 0 Å². The number of ketones is 1. The molecule has 144 valence electrons. The van der Waals surface area contributed by atoms with Gasteiger partial charge in [0.05, 0.1) is 11.6 Å². The van der Waals surface area contributed by atoms with Crippen LogP contribution in [0.5, 0.6) is 5.75 Å². The number of halogens is 1. The molecule has 0 radical (unpaired) electrons. The highest BCUT2D eigenvalue weighted by Gasteiger charge is 2.46. The van der Waals surface area contributed by atoms with E-state index in [9.17, 15) is 24.2 Å². The fourth-order valence-corrected chi connectivity index (χ4v) is 3.42. The minimum absolute atomic E-state index is 0.00736. The summed E-state index contributed by atoms with van der Waals surface area (Å²) in [5.74, 6) is -2.41. The van der Waals surface area contributed by atoms with E-state index in [4.69, 9.17) is 0 Å². The lowest BCUT2D eigenvalue weighted by atomic mass is 9.95. The second-order valence-electron chi connectivity index (χ2n) is 6.60. The van der Waals surface area contributed by atoms with Crippen LogP contribution in [0.25, 0.3) is 5.76 Å². The number of aromatic hydroxyl groups is 1. The number of aliphatic hydroxyl groups is 1. The standard InChI is InChI=1S/C23H16FNO4/c24-16-8-6-14(7-9-16)20-19(21(27)15-4-2-1-3-5-15)22(28)23(29)25(20)17-10-12-18(26)13-11-17/h1-13,20,26-27H/b21-19+/t20-/m0/s1. The van der Waals surface area contributed by atoms with Gasteiger partial charge in [0.15, 0.2) is 0 Å². The Morgan fingerprint density at radius 2 is 1.48 bits per heavy atom. The predicted octanol–water partition coefficient (Wildman–Crippen LogP) is 4.16. The summed E-state index contributed by atoms with van der Waals surface area (Å²) in [5, 5.41) is 20.4. The zero-order valence-corrected chi connectivity index (χ0v) is 15.1. The molecule has 1 amide bonds. The van der Waals surface area contributed by atoms with Crippen molar-refractivity contribution in [1.82, 2.24) is 0 Å². The van der Waals surface area contributed by atoms with Gasteiger partial charge in [-0.1, -0.05) is 42.5 Å². The molecule has 5 nitrogen and oxygen atoms in total. The number of hydrogen-bond donors (Lipinski definition) is 2. The average Bonchev–Trinajstić information content (AvgIpc) is 3.00. The maximum atomic E-state index is 13.5. The van der Waals surface area contributed by atoms with E-state index in [-0.39, 0.29) is 17.1 Å². The number of nitrogens with zero attached hydrogens (tertiary/aromatic N) is 1. The first-order chi connectivity index (χ1) is 14.0. The van der Waals surface area contributed by atoms with Crippen molar-refractivity contribution in [3.8, 4) is 5.75 Å². The Bertz CT molecular complexity index is 1110. The number of phenols is 1. The molecule has 1 atom stereocenters. The molecule has 3 aromatic rings. The molecule has 1 aliphatic heterocycles. The summed E-state index contributed by atoms with van der Waals surface area (Å²) in [7, 11) is 0. The zero-order valence-electron chi connectivity index (χ0n) is 15.1. The van der Waals surface area contributed by atoms with Crippen LogP contribution in [0.3, 0.4) is 0 Å². The van der Waals surface area contributed by atoms with Gasteiger partial charge in [-0.15, -0.1) is 0 Å². The lowest BCUT2D eigenvalue weighted by Gasteiger charge is -2.25. The van der Waals surface area contributed by atoms with Gasteiger partial charge < -0.3 is 10.2 Å². The van der Waals surface area contributed by atoms with Crippen LogP contribution >= 0.6 is 0 Å². The molecular formula is C23H16FNO4. The van der Waals surface area contributed by atoms with Crippen LogP contribution in [-0.2, 0) is 9.59 Å². The third-order valence-electron chi connectivity index (χ3n) is 4.81. The summed E-state index contributed by atoms with van der Waals surface area (Å²) in [4.78, 5) is 27.0. The van der Waals surface area contributed by atoms with Crippen molar-refractivity contribution in [2.45, 2.75) is 6.04 Å². The maximum absolute atomic E-state index is 13.5. The molecule has 1 saturated heterocycles. The normalized spacial score (nSPS) is 18.2. The number of benzene rings is 3. The van der Waals surface area contributed by atoms with Crippen LogP contribution in [0.1, 0.15) is 17.2 Å². The van der Waals surface area contributed by atoms with Gasteiger partial charge in [-0.2, -0.15) is 0 Å². The number of amides is 1. The van der Waals surface area contributed by atoms with E-state index >= 15 is 0 Å². The number of hydrogen-bond acceptors (Lipinski definition) is 4. The molecule has 0 unspecified atom stereocenters. The number of aliphatic hydroxyl groups excluding tert-OH is 1. The van der Waals surface area contributed by atoms with E-state index in [1.54, 1.807) is 30.3 Å². The van der Waals surface area contributed by atoms with Gasteiger partial charge in [0, 0.05) is 11.3 Å². The van der Waals surface area contributed by atoms with E-state index in [2.05, 4.69) is 0 Å².